The molecule has 0 spiro atoms. The van der Waals surface area contributed by atoms with Gasteiger partial charge in [-0.3, -0.25) is 0 Å². The monoisotopic (exact) mass is 353 g/mol. The van der Waals surface area contributed by atoms with E-state index in [1.165, 1.54) is 0 Å². The Labute approximate surface area is 131 Å². The normalized spacial score (nSPS) is 19.0. The minimum absolute atomic E-state index is 0.478. The largest absolute Gasteiger partial charge is 0.495 e. The molecule has 6 heteroatoms. The highest BCUT2D eigenvalue weighted by atomic mass is 79.9. The quantitative estimate of drug-likeness (QED) is 0.617. The number of hydrogen-bond donors (Lipinski definition) is 0. The van der Waals surface area contributed by atoms with Crippen LogP contribution in [0.25, 0.3) is 0 Å². The summed E-state index contributed by atoms with van der Waals surface area (Å²) in [6.07, 6.45) is 5.32. The standard InChI is InChI=1S/C15H16BrNO4/c1-19-13-10(16)8-11-14(21-7-6-20-11)12(13)15(17-9-18)4-2-3-5-15/h8H,2-7H2,1H3. The van der Waals surface area contributed by atoms with Gasteiger partial charge in [-0.05, 0) is 28.8 Å². The van der Waals surface area contributed by atoms with Crippen LogP contribution in [0.15, 0.2) is 15.5 Å². The molecule has 0 radical (unpaired) electrons. The third-order valence-electron chi connectivity index (χ3n) is 4.10. The second-order valence-electron chi connectivity index (χ2n) is 5.23. The van der Waals surface area contributed by atoms with Crippen molar-refractivity contribution in [2.24, 2.45) is 4.99 Å². The van der Waals surface area contributed by atoms with Crippen molar-refractivity contribution in [1.82, 2.24) is 0 Å². The van der Waals surface area contributed by atoms with Gasteiger partial charge in [-0.25, -0.2) is 4.79 Å². The molecule has 0 N–H and O–H groups in total. The maximum Gasteiger partial charge on any atom is 0.235 e. The maximum atomic E-state index is 11.0. The number of fused-ring (bicyclic) bond motifs is 1. The summed E-state index contributed by atoms with van der Waals surface area (Å²) >= 11 is 3.51. The SMILES string of the molecule is COc1c(Br)cc2c(c1C1(N=C=O)CCCC1)OCCO2. The molecule has 1 aromatic carbocycles. The molecular formula is C15H16BrNO4. The van der Waals surface area contributed by atoms with Crippen molar-refractivity contribution in [2.45, 2.75) is 31.2 Å². The van der Waals surface area contributed by atoms with E-state index >= 15 is 0 Å². The van der Waals surface area contributed by atoms with E-state index in [-0.39, 0.29) is 0 Å². The first-order valence-corrected chi connectivity index (χ1v) is 7.77. The lowest BCUT2D eigenvalue weighted by Gasteiger charge is -2.31. The molecule has 5 nitrogen and oxygen atoms in total. The number of nitrogens with zero attached hydrogens (tertiary/aromatic N) is 1. The van der Waals surface area contributed by atoms with Crippen molar-refractivity contribution >= 4 is 22.0 Å². The third-order valence-corrected chi connectivity index (χ3v) is 4.69. The topological polar surface area (TPSA) is 57.1 Å². The Morgan fingerprint density at radius 1 is 1.33 bits per heavy atom. The molecule has 0 atom stereocenters. The first kappa shape index (κ1) is 14.4. The van der Waals surface area contributed by atoms with E-state index in [1.54, 1.807) is 13.2 Å². The van der Waals surface area contributed by atoms with E-state index in [1.807, 2.05) is 6.07 Å². The van der Waals surface area contributed by atoms with Crippen molar-refractivity contribution in [3.05, 3.63) is 16.1 Å². The summed E-state index contributed by atoms with van der Waals surface area (Å²) in [5.74, 6) is 1.96. The van der Waals surface area contributed by atoms with Crippen molar-refractivity contribution in [3.63, 3.8) is 0 Å². The Bertz CT molecular complexity index is 604. The van der Waals surface area contributed by atoms with Crippen molar-refractivity contribution in [3.8, 4) is 17.2 Å². The average molecular weight is 354 g/mol. The molecule has 0 amide bonds. The number of aliphatic imine (C=N–C) groups is 1. The molecule has 0 saturated heterocycles. The van der Waals surface area contributed by atoms with Crippen LogP contribution < -0.4 is 14.2 Å². The van der Waals surface area contributed by atoms with Gasteiger partial charge in [0.25, 0.3) is 0 Å². The molecule has 112 valence electrons. The van der Waals surface area contributed by atoms with Gasteiger partial charge in [0, 0.05) is 6.07 Å². The van der Waals surface area contributed by atoms with Gasteiger partial charge in [-0.1, -0.05) is 12.8 Å². The van der Waals surface area contributed by atoms with Crippen LogP contribution in [0.5, 0.6) is 17.2 Å². The van der Waals surface area contributed by atoms with Crippen LogP contribution in [-0.2, 0) is 10.3 Å². The number of benzene rings is 1. The van der Waals surface area contributed by atoms with E-state index in [9.17, 15) is 4.79 Å². The zero-order chi connectivity index (χ0) is 14.9. The van der Waals surface area contributed by atoms with E-state index < -0.39 is 5.54 Å². The molecule has 1 fully saturated rings. The summed E-state index contributed by atoms with van der Waals surface area (Å²) in [4.78, 5) is 15.1. The Balaban J connectivity index is 2.28. The molecule has 0 aromatic heterocycles. The number of carbonyl (C=O) groups excluding carboxylic acids is 1. The summed E-state index contributed by atoms with van der Waals surface area (Å²) in [6.45, 7) is 0.987. The van der Waals surface area contributed by atoms with Gasteiger partial charge in [-0.2, -0.15) is 4.99 Å². The zero-order valence-electron chi connectivity index (χ0n) is 11.8. The Morgan fingerprint density at radius 2 is 2.05 bits per heavy atom. The molecule has 1 aliphatic heterocycles. The number of rotatable bonds is 3. The van der Waals surface area contributed by atoms with Crippen LogP contribution in [-0.4, -0.2) is 26.4 Å². The van der Waals surface area contributed by atoms with Crippen LogP contribution in [0, 0.1) is 0 Å². The predicted molar refractivity (Wildman–Crippen MR) is 80.0 cm³/mol. The molecule has 2 aliphatic rings. The summed E-state index contributed by atoms with van der Waals surface area (Å²) in [5, 5.41) is 0. The van der Waals surface area contributed by atoms with Crippen LogP contribution in [0.1, 0.15) is 31.2 Å². The molecule has 1 aliphatic carbocycles. The van der Waals surface area contributed by atoms with Crippen molar-refractivity contribution < 1.29 is 19.0 Å². The molecule has 1 heterocycles. The second kappa shape index (κ2) is 5.70. The Hall–Kier alpha value is -1.52. The summed E-state index contributed by atoms with van der Waals surface area (Å²) in [5.41, 5.74) is 0.178. The van der Waals surface area contributed by atoms with Crippen molar-refractivity contribution in [1.29, 1.82) is 0 Å². The van der Waals surface area contributed by atoms with E-state index in [4.69, 9.17) is 14.2 Å². The fourth-order valence-electron chi connectivity index (χ4n) is 3.22. The van der Waals surface area contributed by atoms with Gasteiger partial charge in [0.15, 0.2) is 11.5 Å². The first-order chi connectivity index (χ1) is 10.2. The molecule has 1 saturated carbocycles. The molecular weight excluding hydrogens is 338 g/mol. The highest BCUT2D eigenvalue weighted by Gasteiger charge is 2.43. The molecule has 1 aromatic rings. The lowest BCUT2D eigenvalue weighted by molar-refractivity contribution is 0.165. The van der Waals surface area contributed by atoms with Gasteiger partial charge in [-0.15, -0.1) is 0 Å². The minimum Gasteiger partial charge on any atom is -0.495 e. The second-order valence-corrected chi connectivity index (χ2v) is 6.09. The highest BCUT2D eigenvalue weighted by Crippen LogP contribution is 2.55. The number of halogens is 1. The summed E-state index contributed by atoms with van der Waals surface area (Å²) < 4.78 is 17.8. The molecule has 0 bridgehead atoms. The van der Waals surface area contributed by atoms with E-state index in [0.717, 1.165) is 35.7 Å². The number of hydrogen-bond acceptors (Lipinski definition) is 5. The number of methoxy groups -OCH3 is 1. The minimum atomic E-state index is -0.623. The molecule has 21 heavy (non-hydrogen) atoms. The Morgan fingerprint density at radius 3 is 2.71 bits per heavy atom. The highest BCUT2D eigenvalue weighted by molar-refractivity contribution is 9.10. The van der Waals surface area contributed by atoms with E-state index in [0.29, 0.717) is 30.5 Å². The zero-order valence-corrected chi connectivity index (χ0v) is 13.4. The van der Waals surface area contributed by atoms with Crippen LogP contribution >= 0.6 is 15.9 Å². The van der Waals surface area contributed by atoms with Crippen LogP contribution in [0.2, 0.25) is 0 Å². The summed E-state index contributed by atoms with van der Waals surface area (Å²) in [6, 6.07) is 1.84. The Kier molecular flexibility index (Phi) is 3.91. The predicted octanol–water partition coefficient (Wildman–Crippen LogP) is 3.33. The number of ether oxygens (including phenoxy) is 3. The lowest BCUT2D eigenvalue weighted by Crippen LogP contribution is -2.25. The number of isocyanates is 1. The third kappa shape index (κ3) is 2.32. The first-order valence-electron chi connectivity index (χ1n) is 6.97. The smallest absolute Gasteiger partial charge is 0.235 e. The van der Waals surface area contributed by atoms with Gasteiger partial charge in [0.05, 0.1) is 17.1 Å². The summed E-state index contributed by atoms with van der Waals surface area (Å²) in [7, 11) is 1.60. The lowest BCUT2D eigenvalue weighted by atomic mass is 9.87. The fraction of sp³-hybridized carbons (Fsp3) is 0.533. The molecule has 0 unspecified atom stereocenters. The van der Waals surface area contributed by atoms with Gasteiger partial charge in [0.1, 0.15) is 24.5 Å². The van der Waals surface area contributed by atoms with Crippen LogP contribution in [0.3, 0.4) is 0 Å². The van der Waals surface area contributed by atoms with Gasteiger partial charge < -0.3 is 14.2 Å². The van der Waals surface area contributed by atoms with Gasteiger partial charge in [0.2, 0.25) is 6.08 Å². The maximum absolute atomic E-state index is 11.0. The van der Waals surface area contributed by atoms with Gasteiger partial charge >= 0.3 is 0 Å². The van der Waals surface area contributed by atoms with Crippen molar-refractivity contribution in [2.75, 3.05) is 20.3 Å². The van der Waals surface area contributed by atoms with E-state index in [2.05, 4.69) is 20.9 Å². The fourth-order valence-corrected chi connectivity index (χ4v) is 3.79. The average Bonchev–Trinajstić information content (AvgIpc) is 2.95. The molecule has 3 rings (SSSR count). The van der Waals surface area contributed by atoms with Crippen LogP contribution in [0.4, 0.5) is 0 Å².